The van der Waals surface area contributed by atoms with Crippen LogP contribution in [0.3, 0.4) is 0 Å². The minimum absolute atomic E-state index is 0.167. The number of thiophene rings is 1. The molecule has 0 aliphatic carbocycles. The van der Waals surface area contributed by atoms with Crippen LogP contribution in [0.5, 0.6) is 5.75 Å². The van der Waals surface area contributed by atoms with Gasteiger partial charge in [-0.05, 0) is 36.8 Å². The average Bonchev–Trinajstić information content (AvgIpc) is 3.34. The Bertz CT molecular complexity index is 1200. The summed E-state index contributed by atoms with van der Waals surface area (Å²) in [5, 5.41) is 5.17. The monoisotopic (exact) mass is 449 g/mol. The summed E-state index contributed by atoms with van der Waals surface area (Å²) in [7, 11) is 0. The number of hydrogen-bond acceptors (Lipinski definition) is 6. The van der Waals surface area contributed by atoms with Crippen molar-refractivity contribution in [3.63, 3.8) is 0 Å². The summed E-state index contributed by atoms with van der Waals surface area (Å²) < 4.78 is 44.6. The maximum absolute atomic E-state index is 12.9. The van der Waals surface area contributed by atoms with E-state index in [0.717, 1.165) is 23.1 Å². The van der Waals surface area contributed by atoms with Crippen LogP contribution in [0, 0.1) is 6.92 Å². The molecule has 3 heterocycles. The lowest BCUT2D eigenvalue weighted by Gasteiger charge is -2.11. The molecule has 0 radical (unpaired) electrons. The normalized spacial score (nSPS) is 11.6. The van der Waals surface area contributed by atoms with E-state index in [4.69, 9.17) is 4.74 Å². The zero-order chi connectivity index (χ0) is 21.3. The van der Waals surface area contributed by atoms with Crippen molar-refractivity contribution in [1.82, 2.24) is 9.97 Å². The molecule has 10 heteroatoms. The number of thiazole rings is 1. The molecule has 1 aromatic carbocycles. The molecule has 4 rings (SSSR count). The van der Waals surface area contributed by atoms with E-state index < -0.39 is 17.8 Å². The lowest BCUT2D eigenvalue weighted by molar-refractivity contribution is -0.140. The van der Waals surface area contributed by atoms with Crippen molar-refractivity contribution in [2.75, 3.05) is 5.32 Å². The lowest BCUT2D eigenvalue weighted by Crippen LogP contribution is -2.12. The van der Waals surface area contributed by atoms with Crippen LogP contribution in [0.15, 0.2) is 47.3 Å². The first-order valence-corrected chi connectivity index (χ1v) is 10.5. The van der Waals surface area contributed by atoms with Gasteiger partial charge in [-0.15, -0.1) is 22.7 Å². The van der Waals surface area contributed by atoms with Crippen molar-refractivity contribution >= 4 is 44.5 Å². The van der Waals surface area contributed by atoms with E-state index in [-0.39, 0.29) is 11.4 Å². The van der Waals surface area contributed by atoms with Gasteiger partial charge in [-0.2, -0.15) is 13.2 Å². The number of halogens is 3. The Morgan fingerprint density at radius 2 is 2.00 bits per heavy atom. The molecule has 3 aromatic heterocycles. The third-order valence-corrected chi connectivity index (χ3v) is 6.13. The van der Waals surface area contributed by atoms with Gasteiger partial charge in [0.1, 0.15) is 22.9 Å². The summed E-state index contributed by atoms with van der Waals surface area (Å²) in [6, 6.07) is 9.21. The Kier molecular flexibility index (Phi) is 5.44. The number of alkyl halides is 3. The van der Waals surface area contributed by atoms with E-state index >= 15 is 0 Å². The van der Waals surface area contributed by atoms with Gasteiger partial charge in [0.15, 0.2) is 0 Å². The summed E-state index contributed by atoms with van der Waals surface area (Å²) in [5.74, 6) is 0.0314. The maximum Gasteiger partial charge on any atom is 0.433 e. The number of carbonyl (C=O) groups excluding carboxylic acids is 1. The third-order valence-electron chi connectivity index (χ3n) is 4.29. The van der Waals surface area contributed by atoms with Gasteiger partial charge in [-0.3, -0.25) is 4.79 Å². The van der Waals surface area contributed by atoms with Gasteiger partial charge in [-0.25, -0.2) is 9.97 Å². The molecule has 0 unspecified atom stereocenters. The molecule has 0 saturated carbocycles. The highest BCUT2D eigenvalue weighted by atomic mass is 32.1. The van der Waals surface area contributed by atoms with Gasteiger partial charge in [0.2, 0.25) is 0 Å². The molecule has 0 bridgehead atoms. The van der Waals surface area contributed by atoms with Crippen molar-refractivity contribution < 1.29 is 22.7 Å². The van der Waals surface area contributed by atoms with Gasteiger partial charge in [-0.1, -0.05) is 12.1 Å². The number of aromatic nitrogens is 2. The Morgan fingerprint density at radius 1 is 1.20 bits per heavy atom. The Labute approximate surface area is 177 Å². The number of carbonyl (C=O) groups is 1. The standard InChI is InChI=1S/C20H14F3N3O2S2/c1-11-13-6-7-16(20(21,22)23)26-19(13)30-17(11)18(27)25-14-4-2-3-5-15(14)28-8-12-9-29-10-24-12/h2-7,9-10H,8H2,1H3,(H,25,27). The molecular weight excluding hydrogens is 435 g/mol. The molecule has 154 valence electrons. The first kappa shape index (κ1) is 20.3. The number of rotatable bonds is 5. The summed E-state index contributed by atoms with van der Waals surface area (Å²) in [5.41, 5.74) is 2.53. The van der Waals surface area contributed by atoms with Crippen LogP contribution in [-0.4, -0.2) is 15.9 Å². The van der Waals surface area contributed by atoms with Crippen molar-refractivity contribution in [1.29, 1.82) is 0 Å². The van der Waals surface area contributed by atoms with Crippen LogP contribution >= 0.6 is 22.7 Å². The fraction of sp³-hybridized carbons (Fsp3) is 0.150. The fourth-order valence-electron chi connectivity index (χ4n) is 2.81. The van der Waals surface area contributed by atoms with Crippen molar-refractivity contribution in [2.24, 2.45) is 0 Å². The smallest absolute Gasteiger partial charge is 0.433 e. The zero-order valence-electron chi connectivity index (χ0n) is 15.5. The number of pyridine rings is 1. The van der Waals surface area contributed by atoms with Crippen LogP contribution in [0.4, 0.5) is 18.9 Å². The molecule has 0 spiro atoms. The van der Waals surface area contributed by atoms with Gasteiger partial charge < -0.3 is 10.1 Å². The zero-order valence-corrected chi connectivity index (χ0v) is 17.1. The highest BCUT2D eigenvalue weighted by molar-refractivity contribution is 7.20. The molecule has 0 aliphatic rings. The lowest BCUT2D eigenvalue weighted by atomic mass is 10.1. The van der Waals surface area contributed by atoms with Crippen molar-refractivity contribution in [3.8, 4) is 5.75 Å². The number of fused-ring (bicyclic) bond motifs is 1. The number of para-hydroxylation sites is 2. The molecule has 4 aromatic rings. The second kappa shape index (κ2) is 8.04. The average molecular weight is 449 g/mol. The highest BCUT2D eigenvalue weighted by Gasteiger charge is 2.33. The number of amides is 1. The molecular formula is C20H14F3N3O2S2. The Morgan fingerprint density at radius 3 is 2.73 bits per heavy atom. The molecule has 1 amide bonds. The molecule has 0 aliphatic heterocycles. The van der Waals surface area contributed by atoms with Gasteiger partial charge in [0.05, 0.1) is 21.8 Å². The quantitative estimate of drug-likeness (QED) is 0.411. The van der Waals surface area contributed by atoms with E-state index in [1.54, 1.807) is 36.7 Å². The van der Waals surface area contributed by atoms with E-state index in [0.29, 0.717) is 27.3 Å². The SMILES string of the molecule is Cc1c(C(=O)Nc2ccccc2OCc2cscn2)sc2nc(C(F)(F)F)ccc12. The summed E-state index contributed by atoms with van der Waals surface area (Å²) >= 11 is 2.38. The molecule has 1 N–H and O–H groups in total. The van der Waals surface area contributed by atoms with Crippen LogP contribution < -0.4 is 10.1 Å². The Balaban J connectivity index is 1.58. The first-order chi connectivity index (χ1) is 14.3. The minimum Gasteiger partial charge on any atom is -0.485 e. The van der Waals surface area contributed by atoms with Crippen LogP contribution in [0.25, 0.3) is 10.2 Å². The summed E-state index contributed by atoms with van der Waals surface area (Å²) in [6.07, 6.45) is -4.54. The number of hydrogen-bond donors (Lipinski definition) is 1. The molecule has 30 heavy (non-hydrogen) atoms. The molecule has 5 nitrogen and oxygen atoms in total. The van der Waals surface area contributed by atoms with E-state index in [2.05, 4.69) is 15.3 Å². The van der Waals surface area contributed by atoms with Crippen LogP contribution in [0.2, 0.25) is 0 Å². The minimum atomic E-state index is -4.54. The number of ether oxygens (including phenoxy) is 1. The van der Waals surface area contributed by atoms with E-state index in [9.17, 15) is 18.0 Å². The molecule has 0 fully saturated rings. The number of aryl methyl sites for hydroxylation is 1. The summed E-state index contributed by atoms with van der Waals surface area (Å²) in [6.45, 7) is 1.94. The van der Waals surface area contributed by atoms with E-state index in [1.165, 1.54) is 17.4 Å². The number of benzene rings is 1. The van der Waals surface area contributed by atoms with E-state index in [1.807, 2.05) is 5.38 Å². The van der Waals surface area contributed by atoms with Gasteiger partial charge in [0.25, 0.3) is 5.91 Å². The fourth-order valence-corrected chi connectivity index (χ4v) is 4.43. The predicted molar refractivity (Wildman–Crippen MR) is 110 cm³/mol. The van der Waals surface area contributed by atoms with Crippen LogP contribution in [-0.2, 0) is 12.8 Å². The maximum atomic E-state index is 12.9. The van der Waals surface area contributed by atoms with Crippen LogP contribution in [0.1, 0.15) is 26.6 Å². The highest BCUT2D eigenvalue weighted by Crippen LogP contribution is 2.35. The second-order valence-corrected chi connectivity index (χ2v) is 8.04. The number of anilines is 1. The molecule has 0 atom stereocenters. The predicted octanol–water partition coefficient (Wildman–Crippen LogP) is 5.91. The third kappa shape index (κ3) is 4.14. The van der Waals surface area contributed by atoms with Gasteiger partial charge >= 0.3 is 6.18 Å². The summed E-state index contributed by atoms with van der Waals surface area (Å²) in [4.78, 5) is 21.1. The molecule has 0 saturated heterocycles. The number of nitrogens with zero attached hydrogens (tertiary/aromatic N) is 2. The Hall–Kier alpha value is -2.98. The second-order valence-electron chi connectivity index (χ2n) is 6.32. The van der Waals surface area contributed by atoms with Crippen molar-refractivity contribution in [2.45, 2.75) is 19.7 Å². The largest absolute Gasteiger partial charge is 0.485 e. The van der Waals surface area contributed by atoms with Crippen molar-refractivity contribution in [3.05, 3.63) is 69.1 Å². The van der Waals surface area contributed by atoms with Gasteiger partial charge in [0, 0.05) is 10.8 Å². The first-order valence-electron chi connectivity index (χ1n) is 8.70. The topological polar surface area (TPSA) is 64.1 Å². The number of nitrogens with one attached hydrogen (secondary N) is 1.